The minimum atomic E-state index is -0.370. The maximum atomic E-state index is 10.8. The molecule has 1 rings (SSSR count). The number of esters is 1. The Hall–Kier alpha value is -1.97. The number of para-hydroxylation sites is 2. The Morgan fingerprint density at radius 2 is 1.84 bits per heavy atom. The second kappa shape index (κ2) is 9.03. The van der Waals surface area contributed by atoms with E-state index in [-0.39, 0.29) is 5.97 Å². The molecule has 0 aromatic heterocycles. The van der Waals surface area contributed by atoms with Crippen LogP contribution < -0.4 is 9.47 Å². The van der Waals surface area contributed by atoms with Crippen molar-refractivity contribution in [1.29, 1.82) is 0 Å². The third kappa shape index (κ3) is 5.95. The third-order valence-electron chi connectivity index (χ3n) is 2.53. The lowest BCUT2D eigenvalue weighted by Gasteiger charge is -2.10. The number of carbonyl (C=O) groups is 1. The van der Waals surface area contributed by atoms with E-state index in [0.717, 1.165) is 30.8 Å². The van der Waals surface area contributed by atoms with Crippen molar-refractivity contribution in [2.75, 3.05) is 20.3 Å². The van der Waals surface area contributed by atoms with Gasteiger partial charge in [-0.15, -0.1) is 0 Å². The third-order valence-corrected chi connectivity index (χ3v) is 2.53. The Balaban J connectivity index is 2.10. The lowest BCUT2D eigenvalue weighted by Crippen LogP contribution is -2.03. The van der Waals surface area contributed by atoms with Gasteiger partial charge in [0.1, 0.15) is 0 Å². The van der Waals surface area contributed by atoms with Crippen LogP contribution in [0.4, 0.5) is 0 Å². The van der Waals surface area contributed by atoms with Gasteiger partial charge in [0.25, 0.3) is 0 Å². The molecule has 0 saturated carbocycles. The van der Waals surface area contributed by atoms with Crippen LogP contribution in [0.15, 0.2) is 36.9 Å². The highest BCUT2D eigenvalue weighted by molar-refractivity contribution is 5.81. The lowest BCUT2D eigenvalue weighted by atomic mass is 10.2. The summed E-state index contributed by atoms with van der Waals surface area (Å²) < 4.78 is 15.7. The molecule has 1 aromatic rings. The number of unbranched alkanes of at least 4 members (excludes halogenated alkanes) is 2. The van der Waals surface area contributed by atoms with Crippen molar-refractivity contribution >= 4 is 5.97 Å². The van der Waals surface area contributed by atoms with Crippen LogP contribution in [-0.4, -0.2) is 26.3 Å². The number of rotatable bonds is 9. The molecule has 0 aliphatic rings. The Morgan fingerprint density at radius 1 is 1.16 bits per heavy atom. The van der Waals surface area contributed by atoms with Crippen molar-refractivity contribution in [2.24, 2.45) is 0 Å². The Bertz CT molecular complexity index is 401. The molecular formula is C15H20O4. The van der Waals surface area contributed by atoms with Crippen LogP contribution >= 0.6 is 0 Å². The van der Waals surface area contributed by atoms with Gasteiger partial charge < -0.3 is 14.2 Å². The van der Waals surface area contributed by atoms with Crippen LogP contribution in [0.25, 0.3) is 0 Å². The molecule has 0 spiro atoms. The van der Waals surface area contributed by atoms with Gasteiger partial charge in [-0.3, -0.25) is 0 Å². The number of ether oxygens (including phenoxy) is 3. The van der Waals surface area contributed by atoms with Gasteiger partial charge in [0, 0.05) is 6.08 Å². The zero-order chi connectivity index (χ0) is 13.9. The van der Waals surface area contributed by atoms with E-state index in [2.05, 4.69) is 6.58 Å². The molecular weight excluding hydrogens is 244 g/mol. The van der Waals surface area contributed by atoms with Gasteiger partial charge in [-0.2, -0.15) is 0 Å². The Kier molecular flexibility index (Phi) is 7.17. The SMILES string of the molecule is C=CC(=O)OCCCCCOc1ccccc1OC. The molecule has 104 valence electrons. The maximum Gasteiger partial charge on any atom is 0.330 e. The number of carbonyl (C=O) groups excluding carboxylic acids is 1. The number of methoxy groups -OCH3 is 1. The van der Waals surface area contributed by atoms with E-state index in [4.69, 9.17) is 14.2 Å². The summed E-state index contributed by atoms with van der Waals surface area (Å²) in [7, 11) is 1.62. The second-order valence-corrected chi connectivity index (χ2v) is 3.93. The second-order valence-electron chi connectivity index (χ2n) is 3.93. The molecule has 19 heavy (non-hydrogen) atoms. The van der Waals surface area contributed by atoms with E-state index in [1.54, 1.807) is 7.11 Å². The van der Waals surface area contributed by atoms with E-state index in [9.17, 15) is 4.79 Å². The van der Waals surface area contributed by atoms with E-state index in [1.165, 1.54) is 6.08 Å². The predicted molar refractivity (Wildman–Crippen MR) is 73.5 cm³/mol. The van der Waals surface area contributed by atoms with Crippen molar-refractivity contribution in [2.45, 2.75) is 19.3 Å². The molecule has 0 atom stereocenters. The monoisotopic (exact) mass is 264 g/mol. The number of hydrogen-bond acceptors (Lipinski definition) is 4. The fraction of sp³-hybridized carbons (Fsp3) is 0.400. The summed E-state index contributed by atoms with van der Waals surface area (Å²) in [5.74, 6) is 1.12. The zero-order valence-corrected chi connectivity index (χ0v) is 11.3. The van der Waals surface area contributed by atoms with Crippen molar-refractivity contribution in [3.05, 3.63) is 36.9 Å². The van der Waals surface area contributed by atoms with Gasteiger partial charge in [-0.25, -0.2) is 4.79 Å². The molecule has 0 radical (unpaired) electrons. The van der Waals surface area contributed by atoms with Crippen LogP contribution in [0.2, 0.25) is 0 Å². The first-order chi connectivity index (χ1) is 9.27. The van der Waals surface area contributed by atoms with Crippen molar-refractivity contribution < 1.29 is 19.0 Å². The van der Waals surface area contributed by atoms with Crippen LogP contribution in [0.5, 0.6) is 11.5 Å². The summed E-state index contributed by atoms with van der Waals surface area (Å²) in [6.07, 6.45) is 3.85. The van der Waals surface area contributed by atoms with Crippen LogP contribution in [-0.2, 0) is 9.53 Å². The number of hydrogen-bond donors (Lipinski definition) is 0. The topological polar surface area (TPSA) is 44.8 Å². The summed E-state index contributed by atoms with van der Waals surface area (Å²) >= 11 is 0. The van der Waals surface area contributed by atoms with E-state index in [0.29, 0.717) is 13.2 Å². The van der Waals surface area contributed by atoms with Gasteiger partial charge in [0.15, 0.2) is 11.5 Å². The van der Waals surface area contributed by atoms with Gasteiger partial charge in [-0.05, 0) is 31.4 Å². The Labute approximate surface area is 114 Å². The summed E-state index contributed by atoms with van der Waals surface area (Å²) in [4.78, 5) is 10.8. The van der Waals surface area contributed by atoms with Crippen molar-refractivity contribution in [3.8, 4) is 11.5 Å². The molecule has 0 N–H and O–H groups in total. The fourth-order valence-corrected chi connectivity index (χ4v) is 1.53. The molecule has 0 amide bonds. The van der Waals surface area contributed by atoms with E-state index >= 15 is 0 Å². The van der Waals surface area contributed by atoms with Crippen LogP contribution in [0.1, 0.15) is 19.3 Å². The number of benzene rings is 1. The molecule has 4 nitrogen and oxygen atoms in total. The summed E-state index contributed by atoms with van der Waals surface area (Å²) in [5.41, 5.74) is 0. The average Bonchev–Trinajstić information content (AvgIpc) is 2.46. The molecule has 0 aliphatic carbocycles. The first-order valence-corrected chi connectivity index (χ1v) is 6.33. The Morgan fingerprint density at radius 3 is 2.53 bits per heavy atom. The summed E-state index contributed by atoms with van der Waals surface area (Å²) in [6, 6.07) is 7.56. The molecule has 0 unspecified atom stereocenters. The highest BCUT2D eigenvalue weighted by atomic mass is 16.5. The fourth-order valence-electron chi connectivity index (χ4n) is 1.53. The molecule has 0 saturated heterocycles. The standard InChI is InChI=1S/C15H20O4/c1-3-15(16)19-12-8-4-7-11-18-14-10-6-5-9-13(14)17-2/h3,5-6,9-10H,1,4,7-8,11-12H2,2H3. The quantitative estimate of drug-likeness (QED) is 0.391. The zero-order valence-electron chi connectivity index (χ0n) is 11.3. The largest absolute Gasteiger partial charge is 0.493 e. The predicted octanol–water partition coefficient (Wildman–Crippen LogP) is 2.97. The summed E-state index contributed by atoms with van der Waals surface area (Å²) in [6.45, 7) is 4.38. The first-order valence-electron chi connectivity index (χ1n) is 6.33. The molecule has 0 heterocycles. The maximum absolute atomic E-state index is 10.8. The molecule has 0 aliphatic heterocycles. The molecule has 1 aromatic carbocycles. The minimum Gasteiger partial charge on any atom is -0.493 e. The highest BCUT2D eigenvalue weighted by Gasteiger charge is 2.01. The smallest absolute Gasteiger partial charge is 0.330 e. The van der Waals surface area contributed by atoms with Crippen LogP contribution in [0.3, 0.4) is 0 Å². The van der Waals surface area contributed by atoms with Crippen molar-refractivity contribution in [1.82, 2.24) is 0 Å². The van der Waals surface area contributed by atoms with Crippen LogP contribution in [0, 0.1) is 0 Å². The first kappa shape index (κ1) is 15.1. The van der Waals surface area contributed by atoms with Gasteiger partial charge in [0.05, 0.1) is 20.3 Å². The summed E-state index contributed by atoms with van der Waals surface area (Å²) in [5, 5.41) is 0. The normalized spacial score (nSPS) is 9.74. The van der Waals surface area contributed by atoms with Gasteiger partial charge in [0.2, 0.25) is 0 Å². The molecule has 0 fully saturated rings. The van der Waals surface area contributed by atoms with Gasteiger partial charge in [-0.1, -0.05) is 18.7 Å². The average molecular weight is 264 g/mol. The lowest BCUT2D eigenvalue weighted by molar-refractivity contribution is -0.137. The van der Waals surface area contributed by atoms with E-state index < -0.39 is 0 Å². The van der Waals surface area contributed by atoms with E-state index in [1.807, 2.05) is 24.3 Å². The highest BCUT2D eigenvalue weighted by Crippen LogP contribution is 2.25. The molecule has 0 bridgehead atoms. The minimum absolute atomic E-state index is 0.370. The molecule has 4 heteroatoms. The van der Waals surface area contributed by atoms with Gasteiger partial charge >= 0.3 is 5.97 Å². The van der Waals surface area contributed by atoms with Crippen molar-refractivity contribution in [3.63, 3.8) is 0 Å².